The molecular formula is C19H27NO2. The number of hydrogen-bond acceptors (Lipinski definition) is 2. The van der Waals surface area contributed by atoms with Crippen molar-refractivity contribution in [3.05, 3.63) is 30.0 Å². The molecule has 0 aliphatic heterocycles. The highest BCUT2D eigenvalue weighted by atomic mass is 16.5. The van der Waals surface area contributed by atoms with Crippen LogP contribution in [0.5, 0.6) is 5.75 Å². The first-order chi connectivity index (χ1) is 10.1. The summed E-state index contributed by atoms with van der Waals surface area (Å²) in [5.74, 6) is 0.405. The largest absolute Gasteiger partial charge is 0.426 e. The smallest absolute Gasteiger partial charge is 0.316 e. The molecule has 0 fully saturated rings. The van der Waals surface area contributed by atoms with Crippen molar-refractivity contribution in [1.82, 2.24) is 4.98 Å². The Morgan fingerprint density at radius 3 is 2.41 bits per heavy atom. The van der Waals surface area contributed by atoms with Crippen LogP contribution in [0.1, 0.15) is 53.5 Å². The Balaban J connectivity index is 2.23. The van der Waals surface area contributed by atoms with Crippen molar-refractivity contribution < 1.29 is 9.53 Å². The second-order valence-corrected chi connectivity index (χ2v) is 8.22. The van der Waals surface area contributed by atoms with Gasteiger partial charge in [0.1, 0.15) is 5.75 Å². The fraction of sp³-hybridized carbons (Fsp3) is 0.526. The molecule has 0 saturated carbocycles. The average molecular weight is 301 g/mol. The molecule has 1 aromatic heterocycles. The van der Waals surface area contributed by atoms with Crippen molar-refractivity contribution in [1.29, 1.82) is 0 Å². The number of hydrogen-bond donors (Lipinski definition) is 1. The van der Waals surface area contributed by atoms with Crippen molar-refractivity contribution in [2.24, 2.45) is 10.8 Å². The summed E-state index contributed by atoms with van der Waals surface area (Å²) in [6.45, 7) is 12.3. The second-order valence-electron chi connectivity index (χ2n) is 8.22. The molecule has 0 atom stereocenters. The van der Waals surface area contributed by atoms with Gasteiger partial charge in [-0.05, 0) is 62.8 Å². The molecule has 2 rings (SSSR count). The third kappa shape index (κ3) is 4.12. The van der Waals surface area contributed by atoms with Crippen molar-refractivity contribution in [3.63, 3.8) is 0 Å². The van der Waals surface area contributed by atoms with Gasteiger partial charge in [0.05, 0.1) is 5.41 Å². The number of H-pyrrole nitrogens is 1. The van der Waals surface area contributed by atoms with E-state index in [0.717, 1.165) is 23.7 Å². The monoisotopic (exact) mass is 301 g/mol. The summed E-state index contributed by atoms with van der Waals surface area (Å²) >= 11 is 0. The molecule has 1 aromatic carbocycles. The number of fused-ring (bicyclic) bond motifs is 1. The van der Waals surface area contributed by atoms with Crippen molar-refractivity contribution in [2.45, 2.75) is 54.4 Å². The first-order valence-electron chi connectivity index (χ1n) is 7.88. The second kappa shape index (κ2) is 5.79. The molecule has 2 aromatic rings. The van der Waals surface area contributed by atoms with Crippen LogP contribution in [0.2, 0.25) is 0 Å². The number of carbonyl (C=O) groups excluding carboxylic acids is 1. The first kappa shape index (κ1) is 16.6. The van der Waals surface area contributed by atoms with Crippen LogP contribution >= 0.6 is 0 Å². The third-order valence-electron chi connectivity index (χ3n) is 3.71. The number of benzene rings is 1. The fourth-order valence-corrected chi connectivity index (χ4v) is 2.20. The van der Waals surface area contributed by atoms with Crippen LogP contribution in [0.3, 0.4) is 0 Å². The molecule has 0 aliphatic rings. The standard InChI is InChI=1S/C19H27NO2/c1-18(2,3)10-9-13-12-20-16-8-7-14(11-15(13)16)22-17(21)19(4,5)6/h7-8,11-12,20H,9-10H2,1-6H3. The van der Waals surface area contributed by atoms with E-state index in [-0.39, 0.29) is 5.97 Å². The summed E-state index contributed by atoms with van der Waals surface area (Å²) in [5, 5.41) is 1.14. The van der Waals surface area contributed by atoms with E-state index in [9.17, 15) is 4.79 Å². The molecule has 0 saturated heterocycles. The van der Waals surface area contributed by atoms with E-state index in [1.807, 2.05) is 39.0 Å². The van der Waals surface area contributed by atoms with Crippen LogP contribution in [-0.2, 0) is 11.2 Å². The van der Waals surface area contributed by atoms with Crippen LogP contribution < -0.4 is 4.74 Å². The lowest BCUT2D eigenvalue weighted by molar-refractivity contribution is -0.142. The summed E-state index contributed by atoms with van der Waals surface area (Å²) in [6.07, 6.45) is 4.19. The third-order valence-corrected chi connectivity index (χ3v) is 3.71. The van der Waals surface area contributed by atoms with E-state index in [1.54, 1.807) is 0 Å². The van der Waals surface area contributed by atoms with Crippen molar-refractivity contribution >= 4 is 16.9 Å². The summed E-state index contributed by atoms with van der Waals surface area (Å²) in [6, 6.07) is 5.78. The van der Waals surface area contributed by atoms with Gasteiger partial charge in [0.2, 0.25) is 0 Å². The molecule has 1 N–H and O–H groups in total. The highest BCUT2D eigenvalue weighted by molar-refractivity contribution is 5.86. The van der Waals surface area contributed by atoms with Gasteiger partial charge in [0.25, 0.3) is 0 Å². The molecular weight excluding hydrogens is 274 g/mol. The molecule has 1 heterocycles. The molecule has 0 bridgehead atoms. The molecule has 22 heavy (non-hydrogen) atoms. The summed E-state index contributed by atoms with van der Waals surface area (Å²) in [7, 11) is 0. The number of carbonyl (C=O) groups is 1. The van der Waals surface area contributed by atoms with E-state index in [4.69, 9.17) is 4.74 Å². The van der Waals surface area contributed by atoms with Crippen LogP contribution in [-0.4, -0.2) is 11.0 Å². The normalized spacial score (nSPS) is 12.6. The molecule has 0 radical (unpaired) electrons. The molecule has 0 unspecified atom stereocenters. The molecule has 3 heteroatoms. The van der Waals surface area contributed by atoms with Crippen LogP contribution in [0.25, 0.3) is 10.9 Å². The lowest BCUT2D eigenvalue weighted by Crippen LogP contribution is -2.25. The van der Waals surface area contributed by atoms with Gasteiger partial charge in [0.15, 0.2) is 0 Å². The predicted molar refractivity (Wildman–Crippen MR) is 91.2 cm³/mol. The molecule has 0 amide bonds. The lowest BCUT2D eigenvalue weighted by Gasteiger charge is -2.17. The predicted octanol–water partition coefficient (Wildman–Crippen LogP) is 5.10. The topological polar surface area (TPSA) is 42.1 Å². The Morgan fingerprint density at radius 1 is 1.14 bits per heavy atom. The van der Waals surface area contributed by atoms with E-state index in [1.165, 1.54) is 5.56 Å². The van der Waals surface area contributed by atoms with Gasteiger partial charge in [0, 0.05) is 17.1 Å². The van der Waals surface area contributed by atoms with E-state index >= 15 is 0 Å². The van der Waals surface area contributed by atoms with Gasteiger partial charge < -0.3 is 9.72 Å². The maximum absolute atomic E-state index is 12.0. The van der Waals surface area contributed by atoms with Gasteiger partial charge in [-0.15, -0.1) is 0 Å². The minimum atomic E-state index is -0.498. The van der Waals surface area contributed by atoms with Crippen molar-refractivity contribution in [2.75, 3.05) is 0 Å². The Bertz CT molecular complexity index is 669. The van der Waals surface area contributed by atoms with Crippen LogP contribution in [0.4, 0.5) is 0 Å². The molecule has 3 nitrogen and oxygen atoms in total. The Morgan fingerprint density at radius 2 is 1.82 bits per heavy atom. The Labute approximate surface area is 133 Å². The lowest BCUT2D eigenvalue weighted by atomic mass is 9.88. The number of esters is 1. The number of rotatable bonds is 3. The van der Waals surface area contributed by atoms with Gasteiger partial charge >= 0.3 is 5.97 Å². The maximum Gasteiger partial charge on any atom is 0.316 e. The molecule has 120 valence electrons. The summed E-state index contributed by atoms with van der Waals surface area (Å²) < 4.78 is 5.50. The van der Waals surface area contributed by atoms with E-state index in [2.05, 4.69) is 32.0 Å². The van der Waals surface area contributed by atoms with Gasteiger partial charge in [-0.1, -0.05) is 20.8 Å². The van der Waals surface area contributed by atoms with Gasteiger partial charge in [-0.3, -0.25) is 4.79 Å². The summed E-state index contributed by atoms with van der Waals surface area (Å²) in [4.78, 5) is 15.3. The minimum Gasteiger partial charge on any atom is -0.426 e. The van der Waals surface area contributed by atoms with Gasteiger partial charge in [-0.2, -0.15) is 0 Å². The number of aryl methyl sites for hydroxylation is 1. The SMILES string of the molecule is CC(C)(C)CCc1c[nH]c2ccc(OC(=O)C(C)(C)C)cc12. The zero-order chi connectivity index (χ0) is 16.5. The Kier molecular flexibility index (Phi) is 4.37. The zero-order valence-electron chi connectivity index (χ0n) is 14.5. The average Bonchev–Trinajstić information content (AvgIpc) is 2.77. The number of nitrogens with one attached hydrogen (secondary N) is 1. The highest BCUT2D eigenvalue weighted by Crippen LogP contribution is 2.29. The van der Waals surface area contributed by atoms with E-state index in [0.29, 0.717) is 11.2 Å². The van der Waals surface area contributed by atoms with Crippen LogP contribution in [0.15, 0.2) is 24.4 Å². The first-order valence-corrected chi connectivity index (χ1v) is 7.88. The fourth-order valence-electron chi connectivity index (χ4n) is 2.20. The van der Waals surface area contributed by atoms with Crippen molar-refractivity contribution in [3.8, 4) is 5.75 Å². The highest BCUT2D eigenvalue weighted by Gasteiger charge is 2.24. The quantitative estimate of drug-likeness (QED) is 0.633. The molecule has 0 spiro atoms. The summed E-state index contributed by atoms with van der Waals surface area (Å²) in [5.41, 5.74) is 2.17. The zero-order valence-corrected chi connectivity index (χ0v) is 14.5. The number of ether oxygens (including phenoxy) is 1. The van der Waals surface area contributed by atoms with E-state index < -0.39 is 5.41 Å². The van der Waals surface area contributed by atoms with Crippen LogP contribution in [0, 0.1) is 10.8 Å². The van der Waals surface area contributed by atoms with Gasteiger partial charge in [-0.25, -0.2) is 0 Å². The number of aromatic nitrogens is 1. The maximum atomic E-state index is 12.0. The number of aromatic amines is 1. The Hall–Kier alpha value is -1.77. The molecule has 0 aliphatic carbocycles. The minimum absolute atomic E-state index is 0.210.